The molecule has 0 fully saturated rings. The summed E-state index contributed by atoms with van der Waals surface area (Å²) in [5.41, 5.74) is 0. The van der Waals surface area contributed by atoms with Crippen molar-refractivity contribution in [3.8, 4) is 0 Å². The van der Waals surface area contributed by atoms with Crippen molar-refractivity contribution in [2.24, 2.45) is 12.0 Å². The van der Waals surface area contributed by atoms with Gasteiger partial charge in [-0.05, 0) is 0 Å². The number of hydrogen-bond donors (Lipinski definition) is 1. The van der Waals surface area contributed by atoms with Crippen LogP contribution in [0.15, 0.2) is 11.3 Å². The zero-order valence-corrected chi connectivity index (χ0v) is 6.02. The average Bonchev–Trinajstić information content (AvgIpc) is 2.31. The lowest BCUT2D eigenvalue weighted by Crippen LogP contribution is -2.77. The maximum atomic E-state index is 3.99. The molecule has 0 bridgehead atoms. The third-order valence-electron chi connectivity index (χ3n) is 1.03. The Balaban J connectivity index is 2.74. The maximum absolute atomic E-state index is 3.99. The summed E-state index contributed by atoms with van der Waals surface area (Å²) in [6.07, 6.45) is 3.30. The molecule has 0 spiro atoms. The molecular formula is C5H10N5+. The largest absolute Gasteiger partial charge is 0.306 e. The summed E-state index contributed by atoms with van der Waals surface area (Å²) in [7, 11) is 3.75. The standard InChI is InChI=1S/C5H9N5/c1-6-3-7-5-9-8-4-10(5)2/h3-4H,1-2H3,(H,6,7,9)/p+1. The molecule has 0 unspecified atom stereocenters. The number of hydrogen-bond acceptors (Lipinski definition) is 3. The first-order valence-corrected chi connectivity index (χ1v) is 3.00. The Morgan fingerprint density at radius 2 is 2.60 bits per heavy atom. The lowest BCUT2D eigenvalue weighted by atomic mass is 10.9. The topological polar surface area (TPSA) is 59.7 Å². The van der Waals surface area contributed by atoms with Crippen molar-refractivity contribution in [1.82, 2.24) is 14.8 Å². The van der Waals surface area contributed by atoms with Crippen LogP contribution in [-0.2, 0) is 7.05 Å². The van der Waals surface area contributed by atoms with E-state index in [1.54, 1.807) is 17.2 Å². The molecule has 1 heterocycles. The second-order valence-electron chi connectivity index (χ2n) is 1.85. The van der Waals surface area contributed by atoms with Crippen LogP contribution in [0.3, 0.4) is 0 Å². The minimum absolute atomic E-state index is 0.623. The van der Waals surface area contributed by atoms with Crippen LogP contribution in [0.2, 0.25) is 0 Å². The highest BCUT2D eigenvalue weighted by molar-refractivity contribution is 5.46. The number of rotatable bonds is 2. The SMILES string of the molecule is C[NH2+]/C=N/c1nncn1C. The molecule has 1 aromatic rings. The fourth-order valence-corrected chi connectivity index (χ4v) is 0.535. The van der Waals surface area contributed by atoms with Crippen molar-refractivity contribution in [3.05, 3.63) is 6.33 Å². The summed E-state index contributed by atoms with van der Waals surface area (Å²) in [5.74, 6) is 0.623. The van der Waals surface area contributed by atoms with Crippen LogP contribution in [-0.4, -0.2) is 28.2 Å². The molecule has 0 saturated heterocycles. The number of nitrogens with two attached hydrogens (primary N) is 1. The predicted octanol–water partition coefficient (Wildman–Crippen LogP) is -1.33. The average molecular weight is 140 g/mol. The monoisotopic (exact) mass is 140 g/mol. The van der Waals surface area contributed by atoms with Gasteiger partial charge in [0, 0.05) is 7.05 Å². The van der Waals surface area contributed by atoms with E-state index < -0.39 is 0 Å². The summed E-state index contributed by atoms with van der Waals surface area (Å²) in [5, 5.41) is 9.25. The lowest BCUT2D eigenvalue weighted by molar-refractivity contribution is -0.496. The van der Waals surface area contributed by atoms with E-state index in [1.165, 1.54) is 0 Å². The van der Waals surface area contributed by atoms with Crippen LogP contribution in [0.5, 0.6) is 0 Å². The molecule has 10 heavy (non-hydrogen) atoms. The van der Waals surface area contributed by atoms with E-state index in [1.807, 2.05) is 19.4 Å². The Labute approximate surface area is 58.8 Å². The van der Waals surface area contributed by atoms with Gasteiger partial charge in [0.15, 0.2) is 6.34 Å². The maximum Gasteiger partial charge on any atom is 0.254 e. The zero-order valence-electron chi connectivity index (χ0n) is 6.02. The molecule has 5 nitrogen and oxygen atoms in total. The van der Waals surface area contributed by atoms with E-state index in [9.17, 15) is 0 Å². The minimum atomic E-state index is 0.623. The smallest absolute Gasteiger partial charge is 0.254 e. The molecule has 0 aliphatic carbocycles. The third kappa shape index (κ3) is 1.38. The summed E-state index contributed by atoms with van der Waals surface area (Å²) in [6.45, 7) is 0. The fourth-order valence-electron chi connectivity index (χ4n) is 0.535. The van der Waals surface area contributed by atoms with Crippen molar-refractivity contribution < 1.29 is 5.32 Å². The number of nitrogens with zero attached hydrogens (tertiary/aromatic N) is 4. The Morgan fingerprint density at radius 3 is 3.10 bits per heavy atom. The van der Waals surface area contributed by atoms with Gasteiger partial charge in [0.25, 0.3) is 5.95 Å². The molecule has 0 aromatic carbocycles. The quantitative estimate of drug-likeness (QED) is 0.408. The molecule has 1 rings (SSSR count). The molecule has 5 heteroatoms. The first-order chi connectivity index (χ1) is 4.84. The van der Waals surface area contributed by atoms with Crippen molar-refractivity contribution in [2.45, 2.75) is 0 Å². The molecular weight excluding hydrogens is 130 g/mol. The molecule has 0 aliphatic rings. The van der Waals surface area contributed by atoms with Crippen molar-refractivity contribution in [2.75, 3.05) is 7.05 Å². The lowest BCUT2D eigenvalue weighted by Gasteiger charge is -1.87. The van der Waals surface area contributed by atoms with E-state index in [4.69, 9.17) is 0 Å². The van der Waals surface area contributed by atoms with Gasteiger partial charge in [-0.25, -0.2) is 0 Å². The summed E-state index contributed by atoms with van der Waals surface area (Å²) >= 11 is 0. The van der Waals surface area contributed by atoms with Gasteiger partial charge in [0.1, 0.15) is 6.33 Å². The number of aryl methyl sites for hydroxylation is 1. The van der Waals surface area contributed by atoms with E-state index in [2.05, 4.69) is 15.2 Å². The van der Waals surface area contributed by atoms with E-state index in [0.717, 1.165) is 0 Å². The van der Waals surface area contributed by atoms with E-state index in [-0.39, 0.29) is 0 Å². The fraction of sp³-hybridized carbons (Fsp3) is 0.400. The zero-order chi connectivity index (χ0) is 7.40. The highest BCUT2D eigenvalue weighted by atomic mass is 15.3. The van der Waals surface area contributed by atoms with Crippen molar-refractivity contribution in [3.63, 3.8) is 0 Å². The van der Waals surface area contributed by atoms with Crippen LogP contribution in [0.25, 0.3) is 0 Å². The van der Waals surface area contributed by atoms with Gasteiger partial charge in [-0.2, -0.15) is 4.99 Å². The van der Waals surface area contributed by atoms with Gasteiger partial charge in [0.2, 0.25) is 0 Å². The predicted molar refractivity (Wildman–Crippen MR) is 37.0 cm³/mol. The molecule has 1 aromatic heterocycles. The van der Waals surface area contributed by atoms with Crippen molar-refractivity contribution >= 4 is 12.3 Å². The Hall–Kier alpha value is -1.23. The van der Waals surface area contributed by atoms with Crippen LogP contribution >= 0.6 is 0 Å². The molecule has 0 aliphatic heterocycles. The second-order valence-corrected chi connectivity index (χ2v) is 1.85. The third-order valence-corrected chi connectivity index (χ3v) is 1.03. The van der Waals surface area contributed by atoms with Crippen LogP contribution in [0.4, 0.5) is 5.95 Å². The van der Waals surface area contributed by atoms with Crippen molar-refractivity contribution in [1.29, 1.82) is 0 Å². The number of aromatic nitrogens is 3. The second kappa shape index (κ2) is 3.07. The van der Waals surface area contributed by atoms with E-state index >= 15 is 0 Å². The van der Waals surface area contributed by atoms with Gasteiger partial charge in [-0.15, -0.1) is 10.2 Å². The van der Waals surface area contributed by atoms with E-state index in [0.29, 0.717) is 5.95 Å². The normalized spacial score (nSPS) is 11.0. The van der Waals surface area contributed by atoms with Gasteiger partial charge < -0.3 is 9.88 Å². The summed E-state index contributed by atoms with van der Waals surface area (Å²) in [4.78, 5) is 3.99. The van der Waals surface area contributed by atoms with Gasteiger partial charge in [-0.3, -0.25) is 0 Å². The molecule has 0 amide bonds. The first-order valence-electron chi connectivity index (χ1n) is 3.00. The number of quaternary nitrogens is 1. The van der Waals surface area contributed by atoms with Crippen LogP contribution in [0, 0.1) is 0 Å². The Morgan fingerprint density at radius 1 is 1.80 bits per heavy atom. The van der Waals surface area contributed by atoms with Crippen LogP contribution in [0.1, 0.15) is 0 Å². The Bertz CT molecular complexity index is 226. The molecule has 2 N–H and O–H groups in total. The van der Waals surface area contributed by atoms with Gasteiger partial charge in [-0.1, -0.05) is 0 Å². The summed E-state index contributed by atoms with van der Waals surface area (Å²) < 4.78 is 1.75. The molecule has 0 atom stereocenters. The minimum Gasteiger partial charge on any atom is -0.306 e. The molecule has 54 valence electrons. The number of aliphatic imine (C=N–C) groups is 1. The highest BCUT2D eigenvalue weighted by Crippen LogP contribution is 2.00. The van der Waals surface area contributed by atoms with Gasteiger partial charge in [0.05, 0.1) is 7.05 Å². The highest BCUT2D eigenvalue weighted by Gasteiger charge is 1.93. The van der Waals surface area contributed by atoms with Crippen LogP contribution < -0.4 is 5.32 Å². The molecule has 0 saturated carbocycles. The first kappa shape index (κ1) is 6.88. The summed E-state index contributed by atoms with van der Waals surface area (Å²) in [6, 6.07) is 0. The van der Waals surface area contributed by atoms with Gasteiger partial charge >= 0.3 is 0 Å². The molecule has 0 radical (unpaired) electrons. The Kier molecular flexibility index (Phi) is 2.11.